The summed E-state index contributed by atoms with van der Waals surface area (Å²) in [5.41, 5.74) is 7.59. The number of benzene rings is 2. The zero-order valence-electron chi connectivity index (χ0n) is 26.7. The van der Waals surface area contributed by atoms with Crippen molar-refractivity contribution in [3.05, 3.63) is 71.2 Å². The van der Waals surface area contributed by atoms with E-state index in [1.165, 1.54) is 5.56 Å². The number of hydrogen-bond acceptors (Lipinski definition) is 9. The van der Waals surface area contributed by atoms with Crippen LogP contribution in [0.3, 0.4) is 0 Å². The second-order valence-corrected chi connectivity index (χ2v) is 14.2. The highest BCUT2D eigenvalue weighted by atomic mass is 16.2. The van der Waals surface area contributed by atoms with E-state index in [0.717, 1.165) is 83.9 Å². The second kappa shape index (κ2) is 11.0. The molecule has 2 saturated heterocycles. The van der Waals surface area contributed by atoms with E-state index in [1.54, 1.807) is 18.2 Å². The number of fused-ring (bicyclic) bond motifs is 2. The number of aromatic nitrogens is 4. The lowest BCUT2D eigenvalue weighted by Gasteiger charge is -2.36. The third-order valence-corrected chi connectivity index (χ3v) is 10.7. The number of hydrogen-bond donors (Lipinski definition) is 2. The van der Waals surface area contributed by atoms with Crippen molar-refractivity contribution in [2.45, 2.75) is 62.4 Å². The number of piperidine rings is 1. The number of likely N-dealkylation sites (N-methyl/N-ethyl adjacent to an activating group) is 1. The first-order chi connectivity index (χ1) is 23.3. The fraction of sp³-hybridized carbons (Fsp3) is 0.417. The van der Waals surface area contributed by atoms with Crippen molar-refractivity contribution in [1.29, 1.82) is 0 Å². The van der Waals surface area contributed by atoms with Crippen molar-refractivity contribution in [3.63, 3.8) is 0 Å². The van der Waals surface area contributed by atoms with Crippen LogP contribution in [0.1, 0.15) is 88.4 Å². The van der Waals surface area contributed by atoms with Gasteiger partial charge in [-0.25, -0.2) is 4.98 Å². The molecule has 2 saturated carbocycles. The maximum atomic E-state index is 13.2. The molecule has 4 fully saturated rings. The van der Waals surface area contributed by atoms with Crippen LogP contribution in [0, 0.1) is 5.92 Å². The van der Waals surface area contributed by atoms with Gasteiger partial charge in [-0.3, -0.25) is 39.1 Å². The van der Waals surface area contributed by atoms with Gasteiger partial charge in [0.1, 0.15) is 6.04 Å². The van der Waals surface area contributed by atoms with Gasteiger partial charge in [-0.15, -0.1) is 0 Å². The molecule has 12 heteroatoms. The highest BCUT2D eigenvalue weighted by Crippen LogP contribution is 2.46. The number of rotatable bonds is 8. The molecule has 2 N–H and O–H groups in total. The molecule has 9 rings (SSSR count). The Labute approximate surface area is 276 Å². The van der Waals surface area contributed by atoms with Gasteiger partial charge in [0.2, 0.25) is 11.8 Å². The maximum absolute atomic E-state index is 13.2. The van der Waals surface area contributed by atoms with Crippen LogP contribution in [-0.4, -0.2) is 85.9 Å². The molecule has 4 amide bonds. The van der Waals surface area contributed by atoms with Gasteiger partial charge in [0, 0.05) is 55.3 Å². The first kappa shape index (κ1) is 29.2. The van der Waals surface area contributed by atoms with E-state index in [4.69, 9.17) is 15.1 Å². The lowest BCUT2D eigenvalue weighted by molar-refractivity contribution is -0.136. The van der Waals surface area contributed by atoms with E-state index >= 15 is 0 Å². The van der Waals surface area contributed by atoms with Crippen LogP contribution in [0.25, 0.3) is 22.3 Å². The lowest BCUT2D eigenvalue weighted by Crippen LogP contribution is -2.54. The third-order valence-electron chi connectivity index (χ3n) is 10.7. The van der Waals surface area contributed by atoms with Crippen LogP contribution in [0.5, 0.6) is 0 Å². The maximum Gasteiger partial charge on any atom is 0.262 e. The smallest absolute Gasteiger partial charge is 0.262 e. The molecule has 3 aliphatic heterocycles. The van der Waals surface area contributed by atoms with E-state index in [9.17, 15) is 19.2 Å². The summed E-state index contributed by atoms with van der Waals surface area (Å²) in [5.74, 6) is -0.526. The van der Waals surface area contributed by atoms with Crippen molar-refractivity contribution in [1.82, 2.24) is 34.9 Å². The summed E-state index contributed by atoms with van der Waals surface area (Å²) in [4.78, 5) is 63.3. The van der Waals surface area contributed by atoms with Crippen molar-refractivity contribution in [2.75, 3.05) is 32.0 Å². The number of likely N-dealkylation sites (tertiary alicyclic amines) is 1. The number of carbonyl (C=O) groups is 4. The van der Waals surface area contributed by atoms with E-state index in [1.807, 2.05) is 6.20 Å². The first-order valence-electron chi connectivity index (χ1n) is 16.9. The Balaban J connectivity index is 0.860. The van der Waals surface area contributed by atoms with Crippen LogP contribution in [0.15, 0.2) is 48.8 Å². The fourth-order valence-corrected chi connectivity index (χ4v) is 7.70. The zero-order valence-corrected chi connectivity index (χ0v) is 26.7. The van der Waals surface area contributed by atoms with Crippen molar-refractivity contribution in [2.24, 2.45) is 5.92 Å². The van der Waals surface area contributed by atoms with Gasteiger partial charge >= 0.3 is 0 Å². The van der Waals surface area contributed by atoms with Gasteiger partial charge in [-0.1, -0.05) is 6.07 Å². The van der Waals surface area contributed by atoms with Gasteiger partial charge in [-0.05, 0) is 81.0 Å². The van der Waals surface area contributed by atoms with E-state index in [2.05, 4.69) is 51.7 Å². The van der Waals surface area contributed by atoms with Gasteiger partial charge in [0.05, 0.1) is 45.8 Å². The normalized spacial score (nSPS) is 24.4. The van der Waals surface area contributed by atoms with Crippen LogP contribution < -0.4 is 10.6 Å². The number of anilines is 1. The minimum Gasteiger partial charge on any atom is -0.385 e. The Hall–Kier alpha value is -4.97. The summed E-state index contributed by atoms with van der Waals surface area (Å²) in [5, 5.41) is 10.8. The van der Waals surface area contributed by atoms with Gasteiger partial charge in [-0.2, -0.15) is 5.10 Å². The Kier molecular flexibility index (Phi) is 6.72. The van der Waals surface area contributed by atoms with Crippen molar-refractivity contribution >= 4 is 40.3 Å². The van der Waals surface area contributed by atoms with Gasteiger partial charge < -0.3 is 10.2 Å². The number of imide groups is 2. The molecule has 0 spiro atoms. The summed E-state index contributed by atoms with van der Waals surface area (Å²) >= 11 is 0. The Morgan fingerprint density at radius 1 is 0.896 bits per heavy atom. The summed E-state index contributed by atoms with van der Waals surface area (Å²) in [6.45, 7) is 2.88. The Morgan fingerprint density at radius 2 is 1.71 bits per heavy atom. The van der Waals surface area contributed by atoms with Crippen molar-refractivity contribution < 1.29 is 19.2 Å². The zero-order chi connectivity index (χ0) is 32.7. The Bertz CT molecular complexity index is 2020. The molecule has 48 heavy (non-hydrogen) atoms. The quantitative estimate of drug-likeness (QED) is 0.274. The van der Waals surface area contributed by atoms with Crippen LogP contribution in [0.4, 0.5) is 5.69 Å². The molecular formula is C36H36N8O4. The van der Waals surface area contributed by atoms with E-state index in [0.29, 0.717) is 23.8 Å². The molecule has 0 radical (unpaired) electrons. The molecular weight excluding hydrogens is 608 g/mol. The topological polar surface area (TPSA) is 142 Å². The number of amides is 4. The van der Waals surface area contributed by atoms with E-state index < -0.39 is 23.8 Å². The molecule has 0 bridgehead atoms. The molecule has 2 aromatic heterocycles. The predicted octanol–water partition coefficient (Wildman–Crippen LogP) is 3.86. The van der Waals surface area contributed by atoms with Gasteiger partial charge in [0.15, 0.2) is 0 Å². The number of nitrogens with one attached hydrogen (secondary N) is 2. The predicted molar refractivity (Wildman–Crippen MR) is 176 cm³/mol. The van der Waals surface area contributed by atoms with E-state index in [-0.39, 0.29) is 29.9 Å². The number of carbonyl (C=O) groups excluding carboxylic acids is 4. The average Bonchev–Trinajstić information content (AvgIpc) is 3.76. The molecule has 244 valence electrons. The molecule has 1 unspecified atom stereocenters. The van der Waals surface area contributed by atoms with Crippen LogP contribution in [0.2, 0.25) is 0 Å². The van der Waals surface area contributed by atoms with Crippen molar-refractivity contribution in [3.8, 4) is 11.3 Å². The Morgan fingerprint density at radius 3 is 2.48 bits per heavy atom. The highest BCUT2D eigenvalue weighted by Gasteiger charge is 2.45. The fourth-order valence-electron chi connectivity index (χ4n) is 7.70. The summed E-state index contributed by atoms with van der Waals surface area (Å²) in [6, 6.07) is 10.9. The largest absolute Gasteiger partial charge is 0.385 e. The third kappa shape index (κ3) is 4.97. The lowest BCUT2D eigenvalue weighted by atomic mass is 9.80. The molecule has 1 atom stereocenters. The molecule has 5 aliphatic rings. The highest BCUT2D eigenvalue weighted by molar-refractivity contribution is 6.23. The van der Waals surface area contributed by atoms with Gasteiger partial charge in [0.25, 0.3) is 11.8 Å². The molecule has 5 heterocycles. The number of nitrogens with zero attached hydrogens (tertiary/aromatic N) is 6. The monoisotopic (exact) mass is 644 g/mol. The first-order valence-corrected chi connectivity index (χ1v) is 16.9. The average molecular weight is 645 g/mol. The second-order valence-electron chi connectivity index (χ2n) is 14.2. The minimum atomic E-state index is -0.970. The summed E-state index contributed by atoms with van der Waals surface area (Å²) in [6.07, 6.45) is 8.55. The van der Waals surface area contributed by atoms with Crippen LogP contribution in [-0.2, 0) is 9.59 Å². The van der Waals surface area contributed by atoms with Crippen LogP contribution >= 0.6 is 0 Å². The molecule has 12 nitrogen and oxygen atoms in total. The minimum absolute atomic E-state index is 0.0949. The molecule has 2 aliphatic carbocycles. The molecule has 4 aromatic rings. The standard InChI is InChI=1S/C36H36N8O4/c1-42-16-22(17-42)21-4-7-28-29(12-21)39-30(15-38-28)27-18-43(41-33(27)20-2-3-20)24-10-19(11-24)14-37-23-5-6-25-26(13-23)36(48)44(35(25)47)31-8-9-32(45)40-34(31)46/h4-7,12-13,15,18-20,22,24,31,37H,2-3,8-11,14,16-17H2,1H3,(H,40,45,46)/t19-,24-,31?. The molecule has 2 aromatic carbocycles. The summed E-state index contributed by atoms with van der Waals surface area (Å²) < 4.78 is 2.13. The SMILES string of the molecule is CN1CC(c2ccc3ncc(-c4cn([C@H]5C[C@H](CNc6ccc7c(c6)C(=O)N(C6CCC(=O)NC6=O)C7=O)C5)nc4C4CC4)nc3c2)C1. The summed E-state index contributed by atoms with van der Waals surface area (Å²) in [7, 11) is 2.15.